The van der Waals surface area contributed by atoms with Gasteiger partial charge in [0.25, 0.3) is 0 Å². The first-order chi connectivity index (χ1) is 7.43. The van der Waals surface area contributed by atoms with E-state index in [-0.39, 0.29) is 12.0 Å². The van der Waals surface area contributed by atoms with Gasteiger partial charge >= 0.3 is 0 Å². The highest BCUT2D eigenvalue weighted by Crippen LogP contribution is 2.54. The summed E-state index contributed by atoms with van der Waals surface area (Å²) >= 11 is 0. The molecule has 2 N–H and O–H groups in total. The van der Waals surface area contributed by atoms with E-state index < -0.39 is 5.60 Å². The molecule has 0 bridgehead atoms. The zero-order chi connectivity index (χ0) is 11.9. The van der Waals surface area contributed by atoms with Crippen molar-refractivity contribution >= 4 is 0 Å². The summed E-state index contributed by atoms with van der Waals surface area (Å²) in [6.45, 7) is 4.74. The maximum Gasteiger partial charge on any atom is 0.0726 e. The number of hydrogen-bond acceptors (Lipinski definition) is 2. The molecule has 2 heteroatoms. The third-order valence-electron chi connectivity index (χ3n) is 5.28. The lowest BCUT2D eigenvalue weighted by Crippen LogP contribution is -2.52. The van der Waals surface area contributed by atoms with Gasteiger partial charge in [0.2, 0.25) is 0 Å². The molecule has 94 valence electrons. The van der Waals surface area contributed by atoms with Crippen LogP contribution in [0.3, 0.4) is 0 Å². The average molecular weight is 226 g/mol. The maximum atomic E-state index is 10.9. The summed E-state index contributed by atoms with van der Waals surface area (Å²) in [6, 6.07) is 0. The van der Waals surface area contributed by atoms with Crippen molar-refractivity contribution in [2.75, 3.05) is 6.61 Å². The molecule has 2 aliphatic carbocycles. The molecule has 0 aromatic heterocycles. The first kappa shape index (κ1) is 12.4. The molecule has 0 aromatic carbocycles. The van der Waals surface area contributed by atoms with Crippen LogP contribution in [0.25, 0.3) is 0 Å². The second-order valence-corrected chi connectivity index (χ2v) is 6.84. The summed E-state index contributed by atoms with van der Waals surface area (Å²) in [5, 5.41) is 20.6. The van der Waals surface area contributed by atoms with Gasteiger partial charge in [0.15, 0.2) is 0 Å². The smallest absolute Gasteiger partial charge is 0.0726 e. The van der Waals surface area contributed by atoms with Gasteiger partial charge in [-0.3, -0.25) is 0 Å². The Morgan fingerprint density at radius 2 is 1.38 bits per heavy atom. The van der Waals surface area contributed by atoms with Crippen LogP contribution in [-0.2, 0) is 0 Å². The first-order valence-corrected chi connectivity index (χ1v) is 6.76. The number of rotatable bonds is 2. The van der Waals surface area contributed by atoms with Gasteiger partial charge in [0.05, 0.1) is 12.2 Å². The highest BCUT2D eigenvalue weighted by molar-refractivity contribution is 5.04. The summed E-state index contributed by atoms with van der Waals surface area (Å²) in [6.07, 6.45) is 8.30. The molecule has 16 heavy (non-hydrogen) atoms. The van der Waals surface area contributed by atoms with Gasteiger partial charge in [0, 0.05) is 5.41 Å². The fourth-order valence-electron chi connectivity index (χ4n) is 3.69. The van der Waals surface area contributed by atoms with Gasteiger partial charge in [-0.15, -0.1) is 0 Å². The van der Waals surface area contributed by atoms with Gasteiger partial charge in [-0.2, -0.15) is 0 Å². The number of aliphatic hydroxyl groups is 2. The average Bonchev–Trinajstić information content (AvgIpc) is 2.73. The Morgan fingerprint density at radius 3 is 1.81 bits per heavy atom. The lowest BCUT2D eigenvalue weighted by molar-refractivity contribution is -0.141. The summed E-state index contributed by atoms with van der Waals surface area (Å²) in [4.78, 5) is 0. The predicted molar refractivity (Wildman–Crippen MR) is 65.2 cm³/mol. The van der Waals surface area contributed by atoms with E-state index in [1.807, 2.05) is 0 Å². The van der Waals surface area contributed by atoms with Crippen molar-refractivity contribution in [2.24, 2.45) is 10.8 Å². The van der Waals surface area contributed by atoms with Gasteiger partial charge in [-0.25, -0.2) is 0 Å². The molecular weight excluding hydrogens is 200 g/mol. The van der Waals surface area contributed by atoms with E-state index in [4.69, 9.17) is 0 Å². The molecule has 0 amide bonds. The first-order valence-electron chi connectivity index (χ1n) is 6.76. The molecule has 0 aliphatic heterocycles. The zero-order valence-electron chi connectivity index (χ0n) is 10.8. The topological polar surface area (TPSA) is 40.5 Å². The van der Waals surface area contributed by atoms with E-state index in [1.165, 1.54) is 12.8 Å². The standard InChI is InChI=1S/C14H26O2/c1-12(2)7-9-14(16,10-8-12)13(11-15)5-3-4-6-13/h15-16H,3-11H2,1-2H3. The minimum Gasteiger partial charge on any atom is -0.396 e. The largest absolute Gasteiger partial charge is 0.396 e. The van der Waals surface area contributed by atoms with Crippen LogP contribution in [-0.4, -0.2) is 22.4 Å². The molecule has 0 atom stereocenters. The molecule has 0 spiro atoms. The third-order valence-corrected chi connectivity index (χ3v) is 5.28. The maximum absolute atomic E-state index is 10.9. The van der Waals surface area contributed by atoms with Crippen molar-refractivity contribution in [3.05, 3.63) is 0 Å². The van der Waals surface area contributed by atoms with Crippen molar-refractivity contribution in [3.8, 4) is 0 Å². The summed E-state index contributed by atoms with van der Waals surface area (Å²) in [5.74, 6) is 0. The van der Waals surface area contributed by atoms with Crippen molar-refractivity contribution in [1.82, 2.24) is 0 Å². The second-order valence-electron chi connectivity index (χ2n) is 6.84. The Labute approximate surface area is 99.1 Å². The third kappa shape index (κ3) is 1.91. The number of hydrogen-bond donors (Lipinski definition) is 2. The van der Waals surface area contributed by atoms with Crippen LogP contribution in [0.15, 0.2) is 0 Å². The van der Waals surface area contributed by atoms with Crippen molar-refractivity contribution in [3.63, 3.8) is 0 Å². The van der Waals surface area contributed by atoms with E-state index in [9.17, 15) is 10.2 Å². The fraction of sp³-hybridized carbons (Fsp3) is 1.00. The number of aliphatic hydroxyl groups excluding tert-OH is 1. The van der Waals surface area contributed by atoms with Crippen LogP contribution in [0.1, 0.15) is 65.2 Å². The molecule has 0 radical (unpaired) electrons. The quantitative estimate of drug-likeness (QED) is 0.760. The summed E-state index contributed by atoms with van der Waals surface area (Å²) in [5.41, 5.74) is -0.390. The Balaban J connectivity index is 2.13. The Kier molecular flexibility index (Phi) is 3.09. The molecule has 2 nitrogen and oxygen atoms in total. The molecule has 2 fully saturated rings. The predicted octanol–water partition coefficient (Wildman–Crippen LogP) is 2.87. The minimum atomic E-state index is -0.590. The molecule has 0 unspecified atom stereocenters. The Morgan fingerprint density at radius 1 is 0.875 bits per heavy atom. The van der Waals surface area contributed by atoms with Crippen LogP contribution in [0.5, 0.6) is 0 Å². The molecule has 2 saturated carbocycles. The van der Waals surface area contributed by atoms with Crippen LogP contribution < -0.4 is 0 Å². The lowest BCUT2D eigenvalue weighted by Gasteiger charge is -2.50. The normalized spacial score (nSPS) is 31.5. The highest BCUT2D eigenvalue weighted by Gasteiger charge is 2.53. The van der Waals surface area contributed by atoms with Gasteiger partial charge in [-0.05, 0) is 43.9 Å². The molecule has 0 aromatic rings. The summed E-state index contributed by atoms with van der Waals surface area (Å²) < 4.78 is 0. The van der Waals surface area contributed by atoms with E-state index in [2.05, 4.69) is 13.8 Å². The van der Waals surface area contributed by atoms with Gasteiger partial charge in [0.1, 0.15) is 0 Å². The molecule has 0 saturated heterocycles. The minimum absolute atomic E-state index is 0.171. The van der Waals surface area contributed by atoms with Crippen molar-refractivity contribution in [2.45, 2.75) is 70.8 Å². The monoisotopic (exact) mass is 226 g/mol. The molecular formula is C14H26O2. The fourth-order valence-corrected chi connectivity index (χ4v) is 3.69. The van der Waals surface area contributed by atoms with E-state index in [0.717, 1.165) is 38.5 Å². The molecule has 2 rings (SSSR count). The SMILES string of the molecule is CC1(C)CCC(O)(C2(CO)CCCC2)CC1. The highest BCUT2D eigenvalue weighted by atomic mass is 16.3. The molecule has 0 heterocycles. The zero-order valence-corrected chi connectivity index (χ0v) is 10.8. The van der Waals surface area contributed by atoms with E-state index >= 15 is 0 Å². The van der Waals surface area contributed by atoms with Crippen LogP contribution in [0.2, 0.25) is 0 Å². The summed E-state index contributed by atoms with van der Waals surface area (Å²) in [7, 11) is 0. The van der Waals surface area contributed by atoms with Crippen LogP contribution >= 0.6 is 0 Å². The Hall–Kier alpha value is -0.0800. The lowest BCUT2D eigenvalue weighted by atomic mass is 9.60. The Bertz CT molecular complexity index is 241. The second kappa shape index (κ2) is 3.99. The van der Waals surface area contributed by atoms with Crippen molar-refractivity contribution < 1.29 is 10.2 Å². The van der Waals surface area contributed by atoms with E-state index in [1.54, 1.807) is 0 Å². The molecule has 2 aliphatic rings. The van der Waals surface area contributed by atoms with Gasteiger partial charge in [-0.1, -0.05) is 26.7 Å². The van der Waals surface area contributed by atoms with Crippen LogP contribution in [0.4, 0.5) is 0 Å². The van der Waals surface area contributed by atoms with Crippen LogP contribution in [0, 0.1) is 10.8 Å². The van der Waals surface area contributed by atoms with Gasteiger partial charge < -0.3 is 10.2 Å². The van der Waals surface area contributed by atoms with Crippen molar-refractivity contribution in [1.29, 1.82) is 0 Å². The van der Waals surface area contributed by atoms with E-state index in [0.29, 0.717) is 5.41 Å².